The lowest BCUT2D eigenvalue weighted by atomic mass is 10.2. The number of hydrogen-bond acceptors (Lipinski definition) is 3. The Kier molecular flexibility index (Phi) is 5.71. The minimum atomic E-state index is -0.330. The number of rotatable bonds is 5. The molecule has 26 heavy (non-hydrogen) atoms. The average Bonchev–Trinajstić information content (AvgIpc) is 2.90. The third-order valence-corrected chi connectivity index (χ3v) is 4.40. The van der Waals surface area contributed by atoms with Crippen LogP contribution in [0.4, 0.5) is 0 Å². The molecule has 0 aliphatic rings. The molecule has 132 valence electrons. The summed E-state index contributed by atoms with van der Waals surface area (Å²) in [5.74, 6) is -0.330. The Bertz CT molecular complexity index is 934. The standard InChI is InChI=1S/C19H16Cl2N4O/c1-13-17(11-22-23-19(26)15-7-9-16(20)10-8-15)18(21)25(24-13)12-14-5-3-2-4-6-14/h2-11H,12H2,1H3,(H,23,26)/b22-11+. The summed E-state index contributed by atoms with van der Waals surface area (Å²) in [5.41, 5.74) is 5.43. The largest absolute Gasteiger partial charge is 0.271 e. The van der Waals surface area contributed by atoms with E-state index in [1.807, 2.05) is 37.3 Å². The maximum Gasteiger partial charge on any atom is 0.271 e. The second-order valence-electron chi connectivity index (χ2n) is 5.64. The van der Waals surface area contributed by atoms with E-state index in [0.29, 0.717) is 27.8 Å². The van der Waals surface area contributed by atoms with Gasteiger partial charge < -0.3 is 0 Å². The number of carbonyl (C=O) groups excluding carboxylic acids is 1. The first-order valence-corrected chi connectivity index (χ1v) is 8.66. The van der Waals surface area contributed by atoms with Gasteiger partial charge in [-0.1, -0.05) is 53.5 Å². The van der Waals surface area contributed by atoms with Gasteiger partial charge in [0.25, 0.3) is 5.91 Å². The summed E-state index contributed by atoms with van der Waals surface area (Å²) in [6.07, 6.45) is 1.50. The van der Waals surface area contributed by atoms with Gasteiger partial charge in [0.1, 0.15) is 5.15 Å². The number of hydrogen-bond donors (Lipinski definition) is 1. The highest BCUT2D eigenvalue weighted by Gasteiger charge is 2.12. The third-order valence-electron chi connectivity index (χ3n) is 3.75. The Morgan fingerprint density at radius 1 is 1.15 bits per heavy atom. The molecule has 1 aromatic heterocycles. The lowest BCUT2D eigenvalue weighted by Gasteiger charge is -2.03. The summed E-state index contributed by atoms with van der Waals surface area (Å²) < 4.78 is 1.70. The van der Waals surface area contributed by atoms with Crippen LogP contribution in [0.3, 0.4) is 0 Å². The van der Waals surface area contributed by atoms with Crippen molar-refractivity contribution in [1.29, 1.82) is 0 Å². The summed E-state index contributed by atoms with van der Waals surface area (Å²) in [6.45, 7) is 2.40. The number of carbonyl (C=O) groups is 1. The Hall–Kier alpha value is -2.63. The first-order chi connectivity index (χ1) is 12.5. The van der Waals surface area contributed by atoms with Crippen molar-refractivity contribution in [2.75, 3.05) is 0 Å². The molecule has 1 N–H and O–H groups in total. The number of aryl methyl sites for hydroxylation is 1. The minimum absolute atomic E-state index is 0.330. The molecule has 0 unspecified atom stereocenters. The van der Waals surface area contributed by atoms with E-state index in [1.54, 1.807) is 28.9 Å². The molecule has 0 bridgehead atoms. The van der Waals surface area contributed by atoms with Crippen LogP contribution in [0.2, 0.25) is 10.2 Å². The Morgan fingerprint density at radius 2 is 1.85 bits per heavy atom. The van der Waals surface area contributed by atoms with Crippen LogP contribution in [0.15, 0.2) is 59.7 Å². The molecule has 0 saturated carbocycles. The molecule has 7 heteroatoms. The normalized spacial score (nSPS) is 11.0. The average molecular weight is 387 g/mol. The number of aromatic nitrogens is 2. The predicted octanol–water partition coefficient (Wildman–Crippen LogP) is 4.31. The second-order valence-corrected chi connectivity index (χ2v) is 6.43. The molecular formula is C19H16Cl2N4O. The zero-order valence-corrected chi connectivity index (χ0v) is 15.5. The fourth-order valence-electron chi connectivity index (χ4n) is 2.40. The van der Waals surface area contributed by atoms with E-state index in [-0.39, 0.29) is 5.91 Å². The highest BCUT2D eigenvalue weighted by Crippen LogP contribution is 2.19. The molecule has 1 heterocycles. The van der Waals surface area contributed by atoms with E-state index in [9.17, 15) is 4.79 Å². The predicted molar refractivity (Wildman–Crippen MR) is 104 cm³/mol. The van der Waals surface area contributed by atoms with Crippen molar-refractivity contribution in [2.24, 2.45) is 5.10 Å². The molecule has 0 aliphatic heterocycles. The van der Waals surface area contributed by atoms with Gasteiger partial charge in [-0.25, -0.2) is 10.1 Å². The topological polar surface area (TPSA) is 59.3 Å². The zero-order chi connectivity index (χ0) is 18.5. The molecule has 3 aromatic rings. The lowest BCUT2D eigenvalue weighted by Crippen LogP contribution is -2.17. The van der Waals surface area contributed by atoms with Gasteiger partial charge in [0.05, 0.1) is 24.0 Å². The van der Waals surface area contributed by atoms with Gasteiger partial charge in [-0.3, -0.25) is 4.79 Å². The number of nitrogens with one attached hydrogen (secondary N) is 1. The summed E-state index contributed by atoms with van der Waals surface area (Å²) in [5, 5.41) is 9.46. The molecule has 5 nitrogen and oxygen atoms in total. The van der Waals surface area contributed by atoms with E-state index in [4.69, 9.17) is 23.2 Å². The first-order valence-electron chi connectivity index (χ1n) is 7.90. The fraction of sp³-hybridized carbons (Fsp3) is 0.105. The molecule has 0 atom stereocenters. The van der Waals surface area contributed by atoms with Crippen LogP contribution >= 0.6 is 23.2 Å². The van der Waals surface area contributed by atoms with Crippen LogP contribution in [-0.4, -0.2) is 21.9 Å². The number of hydrazone groups is 1. The minimum Gasteiger partial charge on any atom is -0.267 e. The molecular weight excluding hydrogens is 371 g/mol. The van der Waals surface area contributed by atoms with Gasteiger partial charge in [-0.05, 0) is 36.8 Å². The van der Waals surface area contributed by atoms with Crippen LogP contribution in [-0.2, 0) is 6.54 Å². The maximum atomic E-state index is 12.0. The van der Waals surface area contributed by atoms with Gasteiger partial charge in [0.15, 0.2) is 0 Å². The van der Waals surface area contributed by atoms with E-state index in [2.05, 4.69) is 15.6 Å². The highest BCUT2D eigenvalue weighted by molar-refractivity contribution is 6.32. The van der Waals surface area contributed by atoms with Crippen molar-refractivity contribution in [3.63, 3.8) is 0 Å². The molecule has 0 radical (unpaired) electrons. The Labute approximate surface area is 161 Å². The van der Waals surface area contributed by atoms with Gasteiger partial charge in [0.2, 0.25) is 0 Å². The van der Waals surface area contributed by atoms with Crippen molar-refractivity contribution in [1.82, 2.24) is 15.2 Å². The lowest BCUT2D eigenvalue weighted by molar-refractivity contribution is 0.0955. The Morgan fingerprint density at radius 3 is 2.54 bits per heavy atom. The summed E-state index contributed by atoms with van der Waals surface area (Å²) in [7, 11) is 0. The van der Waals surface area contributed by atoms with Crippen molar-refractivity contribution in [2.45, 2.75) is 13.5 Å². The smallest absolute Gasteiger partial charge is 0.267 e. The number of halogens is 2. The van der Waals surface area contributed by atoms with Crippen molar-refractivity contribution in [3.8, 4) is 0 Å². The van der Waals surface area contributed by atoms with Crippen molar-refractivity contribution < 1.29 is 4.79 Å². The molecule has 0 fully saturated rings. The maximum absolute atomic E-state index is 12.0. The first kappa shape index (κ1) is 18.2. The van der Waals surface area contributed by atoms with Gasteiger partial charge in [0, 0.05) is 10.6 Å². The second kappa shape index (κ2) is 8.17. The van der Waals surface area contributed by atoms with Crippen LogP contribution in [0.25, 0.3) is 0 Å². The number of benzene rings is 2. The highest BCUT2D eigenvalue weighted by atomic mass is 35.5. The molecule has 2 aromatic carbocycles. The SMILES string of the molecule is Cc1nn(Cc2ccccc2)c(Cl)c1/C=N/NC(=O)c1ccc(Cl)cc1. The summed E-state index contributed by atoms with van der Waals surface area (Å²) in [4.78, 5) is 12.0. The van der Waals surface area contributed by atoms with Gasteiger partial charge in [-0.15, -0.1) is 0 Å². The van der Waals surface area contributed by atoms with E-state index in [0.717, 1.165) is 11.3 Å². The molecule has 0 spiro atoms. The molecule has 0 saturated heterocycles. The molecule has 3 rings (SSSR count). The van der Waals surface area contributed by atoms with Gasteiger partial charge >= 0.3 is 0 Å². The molecule has 0 aliphatic carbocycles. The fourth-order valence-corrected chi connectivity index (χ4v) is 2.81. The molecule has 1 amide bonds. The summed E-state index contributed by atoms with van der Waals surface area (Å²) >= 11 is 12.2. The van der Waals surface area contributed by atoms with Gasteiger partial charge in [-0.2, -0.15) is 10.2 Å². The van der Waals surface area contributed by atoms with Crippen molar-refractivity contribution >= 4 is 35.3 Å². The van der Waals surface area contributed by atoms with Crippen LogP contribution in [0, 0.1) is 6.92 Å². The van der Waals surface area contributed by atoms with Crippen LogP contribution in [0.1, 0.15) is 27.2 Å². The van der Waals surface area contributed by atoms with Crippen LogP contribution in [0.5, 0.6) is 0 Å². The van der Waals surface area contributed by atoms with Crippen molar-refractivity contribution in [3.05, 3.63) is 87.2 Å². The third kappa shape index (κ3) is 4.31. The quantitative estimate of drug-likeness (QED) is 0.524. The van der Waals surface area contributed by atoms with E-state index in [1.165, 1.54) is 6.21 Å². The monoisotopic (exact) mass is 386 g/mol. The van der Waals surface area contributed by atoms with E-state index < -0.39 is 0 Å². The van der Waals surface area contributed by atoms with Crippen LogP contribution < -0.4 is 5.43 Å². The number of amides is 1. The zero-order valence-electron chi connectivity index (χ0n) is 14.0. The number of nitrogens with zero attached hydrogens (tertiary/aromatic N) is 3. The summed E-state index contributed by atoms with van der Waals surface area (Å²) in [6, 6.07) is 16.5. The Balaban J connectivity index is 1.70. The van der Waals surface area contributed by atoms with E-state index >= 15 is 0 Å².